The highest BCUT2D eigenvalue weighted by atomic mass is 32.2. The molecule has 6 nitrogen and oxygen atoms in total. The Morgan fingerprint density at radius 1 is 1.03 bits per heavy atom. The number of ether oxygens (including phenoxy) is 2. The maximum Gasteiger partial charge on any atom is 0.323 e. The Bertz CT molecular complexity index is 1200. The van der Waals surface area contributed by atoms with Crippen molar-refractivity contribution < 1.29 is 33.0 Å². The third kappa shape index (κ3) is 7.29. The molecule has 0 aliphatic rings. The number of methoxy groups -OCH3 is 1. The number of nitrogens with zero attached hydrogens (tertiary/aromatic N) is 1. The van der Waals surface area contributed by atoms with Crippen LogP contribution < -0.4 is 4.74 Å². The van der Waals surface area contributed by atoms with Crippen molar-refractivity contribution in [1.29, 1.82) is 0 Å². The second-order valence-electron chi connectivity index (χ2n) is 7.95. The number of carboxylic acid groups (broad SMARTS) is 1. The summed E-state index contributed by atoms with van der Waals surface area (Å²) in [5.41, 5.74) is 2.43. The van der Waals surface area contributed by atoms with Gasteiger partial charge in [0.15, 0.2) is 11.6 Å². The molecule has 0 atom stereocenters. The molecule has 0 aromatic heterocycles. The first kappa shape index (κ1) is 27.2. The molecule has 0 saturated heterocycles. The minimum Gasteiger partial charge on any atom is -0.489 e. The van der Waals surface area contributed by atoms with E-state index in [1.165, 1.54) is 28.8 Å². The number of rotatable bonds is 12. The Morgan fingerprint density at radius 2 is 1.75 bits per heavy atom. The number of hydrogen-bond donors (Lipinski definition) is 1. The summed E-state index contributed by atoms with van der Waals surface area (Å²) in [5, 5.41) is 9.17. The fourth-order valence-corrected chi connectivity index (χ4v) is 4.23. The fraction of sp³-hybridized carbons (Fsp3) is 0.259. The highest BCUT2D eigenvalue weighted by Gasteiger charge is 2.19. The van der Waals surface area contributed by atoms with Crippen LogP contribution in [0.2, 0.25) is 0 Å². The molecule has 0 spiro atoms. The third-order valence-corrected chi connectivity index (χ3v) is 6.15. The van der Waals surface area contributed by atoms with Gasteiger partial charge in [0.1, 0.15) is 18.9 Å². The molecule has 0 aliphatic carbocycles. The van der Waals surface area contributed by atoms with Crippen LogP contribution in [-0.2, 0) is 16.1 Å². The van der Waals surface area contributed by atoms with E-state index in [4.69, 9.17) is 14.6 Å². The average Bonchev–Trinajstić information content (AvgIpc) is 2.88. The van der Waals surface area contributed by atoms with Gasteiger partial charge >= 0.3 is 5.97 Å². The quantitative estimate of drug-likeness (QED) is 0.254. The third-order valence-electron chi connectivity index (χ3n) is 5.38. The van der Waals surface area contributed by atoms with E-state index in [1.807, 2.05) is 6.07 Å². The van der Waals surface area contributed by atoms with Crippen molar-refractivity contribution in [3.63, 3.8) is 0 Å². The van der Waals surface area contributed by atoms with E-state index in [0.29, 0.717) is 34.8 Å². The summed E-state index contributed by atoms with van der Waals surface area (Å²) < 4.78 is 38.2. The molecule has 0 unspecified atom stereocenters. The molecule has 36 heavy (non-hydrogen) atoms. The second-order valence-corrected chi connectivity index (χ2v) is 8.79. The normalized spacial score (nSPS) is 10.8. The van der Waals surface area contributed by atoms with Gasteiger partial charge in [-0.3, -0.25) is 9.59 Å². The summed E-state index contributed by atoms with van der Waals surface area (Å²) >= 11 is 1.33. The van der Waals surface area contributed by atoms with Crippen LogP contribution in [0.25, 0.3) is 11.1 Å². The highest BCUT2D eigenvalue weighted by molar-refractivity contribution is 7.98. The first-order valence-electron chi connectivity index (χ1n) is 11.2. The Kier molecular flexibility index (Phi) is 9.84. The summed E-state index contributed by atoms with van der Waals surface area (Å²) in [5.74, 6) is -2.69. The summed E-state index contributed by atoms with van der Waals surface area (Å²) in [7, 11) is 1.55. The average molecular weight is 516 g/mol. The molecule has 3 aromatic carbocycles. The largest absolute Gasteiger partial charge is 0.489 e. The van der Waals surface area contributed by atoms with Crippen molar-refractivity contribution in [3.05, 3.63) is 83.4 Å². The van der Waals surface area contributed by atoms with Crippen molar-refractivity contribution in [2.75, 3.05) is 33.1 Å². The molecule has 190 valence electrons. The van der Waals surface area contributed by atoms with E-state index in [0.717, 1.165) is 11.1 Å². The maximum absolute atomic E-state index is 13.8. The van der Waals surface area contributed by atoms with E-state index < -0.39 is 24.1 Å². The van der Waals surface area contributed by atoms with Gasteiger partial charge < -0.3 is 19.5 Å². The van der Waals surface area contributed by atoms with Crippen LogP contribution in [0, 0.1) is 11.6 Å². The molecule has 0 radical (unpaired) electrons. The molecular formula is C27H27F2NO5S. The predicted molar refractivity (Wildman–Crippen MR) is 134 cm³/mol. The number of aliphatic carboxylic acids is 1. The number of hydrogen-bond acceptors (Lipinski definition) is 5. The number of amides is 1. The van der Waals surface area contributed by atoms with Crippen LogP contribution in [0.5, 0.6) is 5.75 Å². The summed E-state index contributed by atoms with van der Waals surface area (Å²) in [6.45, 7) is 0.475. The van der Waals surface area contributed by atoms with E-state index >= 15 is 0 Å². The highest BCUT2D eigenvalue weighted by Crippen LogP contribution is 2.33. The lowest BCUT2D eigenvalue weighted by Gasteiger charge is -2.21. The van der Waals surface area contributed by atoms with Gasteiger partial charge in [0.2, 0.25) is 0 Å². The maximum atomic E-state index is 13.8. The van der Waals surface area contributed by atoms with Crippen molar-refractivity contribution >= 4 is 23.6 Å². The van der Waals surface area contributed by atoms with E-state index in [-0.39, 0.29) is 19.1 Å². The van der Waals surface area contributed by atoms with Gasteiger partial charge in [-0.2, -0.15) is 0 Å². The van der Waals surface area contributed by atoms with Crippen LogP contribution in [0.15, 0.2) is 65.6 Å². The van der Waals surface area contributed by atoms with E-state index in [1.54, 1.807) is 55.8 Å². The lowest BCUT2D eigenvalue weighted by Crippen LogP contribution is -2.36. The number of halogens is 2. The number of carboxylic acids is 1. The van der Waals surface area contributed by atoms with Crippen molar-refractivity contribution in [2.24, 2.45) is 0 Å². The van der Waals surface area contributed by atoms with Crippen LogP contribution >= 0.6 is 11.8 Å². The van der Waals surface area contributed by atoms with Crippen LogP contribution in [0.4, 0.5) is 8.78 Å². The molecule has 1 amide bonds. The van der Waals surface area contributed by atoms with Gasteiger partial charge in [-0.1, -0.05) is 24.3 Å². The van der Waals surface area contributed by atoms with Gasteiger partial charge in [0, 0.05) is 30.7 Å². The van der Waals surface area contributed by atoms with Crippen LogP contribution in [0.1, 0.15) is 22.3 Å². The number of carbonyl (C=O) groups is 2. The van der Waals surface area contributed by atoms with Gasteiger partial charge in [-0.05, 0) is 65.8 Å². The molecule has 3 rings (SSSR count). The molecule has 0 aliphatic heterocycles. The monoisotopic (exact) mass is 515 g/mol. The molecule has 0 bridgehead atoms. The number of carbonyl (C=O) groups excluding carboxylic acids is 1. The molecule has 3 aromatic rings. The zero-order valence-electron chi connectivity index (χ0n) is 20.0. The Morgan fingerprint density at radius 3 is 2.42 bits per heavy atom. The summed E-state index contributed by atoms with van der Waals surface area (Å²) in [6, 6.07) is 16.2. The van der Waals surface area contributed by atoms with Crippen LogP contribution in [0.3, 0.4) is 0 Å². The minimum atomic E-state index is -1.09. The Balaban J connectivity index is 1.68. The Labute approximate surface area is 212 Å². The molecular weight excluding hydrogens is 488 g/mol. The molecule has 1 N–H and O–H groups in total. The second kappa shape index (κ2) is 13.0. The molecule has 9 heteroatoms. The zero-order valence-corrected chi connectivity index (χ0v) is 20.8. The smallest absolute Gasteiger partial charge is 0.323 e. The molecule has 0 fully saturated rings. The minimum absolute atomic E-state index is 0.185. The van der Waals surface area contributed by atoms with Gasteiger partial charge in [0.05, 0.1) is 0 Å². The van der Waals surface area contributed by atoms with Gasteiger partial charge in [-0.15, -0.1) is 11.8 Å². The standard InChI is InChI=1S/C27H27F2NO5S/c1-34-12-4-11-30(16-26(31)32)27(33)20-6-3-5-18(13-20)17-35-21-9-7-19(8-10-21)22-14-23(28)24(29)15-25(22)36-2/h3,5-10,13-15H,4,11-12,16-17H2,1-2H3,(H,31,32). The Hall–Kier alpha value is -3.43. The zero-order chi connectivity index (χ0) is 26.1. The van der Waals surface area contributed by atoms with Crippen molar-refractivity contribution in [1.82, 2.24) is 4.90 Å². The fourth-order valence-electron chi connectivity index (χ4n) is 3.61. The number of benzene rings is 3. The van der Waals surface area contributed by atoms with Gasteiger partial charge in [0.25, 0.3) is 5.91 Å². The summed E-state index contributed by atoms with van der Waals surface area (Å²) in [6.07, 6.45) is 2.32. The SMILES string of the molecule is COCCCN(CC(=O)O)C(=O)c1cccc(COc2ccc(-c3cc(F)c(F)cc3SC)cc2)c1. The topological polar surface area (TPSA) is 76.1 Å². The van der Waals surface area contributed by atoms with E-state index in [2.05, 4.69) is 0 Å². The first-order chi connectivity index (χ1) is 17.3. The number of thioether (sulfide) groups is 1. The van der Waals surface area contributed by atoms with Crippen molar-refractivity contribution in [2.45, 2.75) is 17.9 Å². The lowest BCUT2D eigenvalue weighted by atomic mass is 10.1. The van der Waals surface area contributed by atoms with Gasteiger partial charge in [-0.25, -0.2) is 8.78 Å². The lowest BCUT2D eigenvalue weighted by molar-refractivity contribution is -0.137. The summed E-state index contributed by atoms with van der Waals surface area (Å²) in [4.78, 5) is 26.0. The van der Waals surface area contributed by atoms with Crippen molar-refractivity contribution in [3.8, 4) is 16.9 Å². The predicted octanol–water partition coefficient (Wildman–Crippen LogP) is 5.50. The van der Waals surface area contributed by atoms with Crippen LogP contribution in [-0.4, -0.2) is 54.9 Å². The molecule has 0 heterocycles. The first-order valence-corrected chi connectivity index (χ1v) is 12.4. The van der Waals surface area contributed by atoms with E-state index in [9.17, 15) is 18.4 Å². The molecule has 0 saturated carbocycles.